The molecule has 0 radical (unpaired) electrons. The van der Waals surface area contributed by atoms with Gasteiger partial charge in [-0.15, -0.1) is 0 Å². The van der Waals surface area contributed by atoms with Gasteiger partial charge in [-0.25, -0.2) is 0 Å². The van der Waals surface area contributed by atoms with Crippen LogP contribution in [0.5, 0.6) is 5.75 Å². The summed E-state index contributed by atoms with van der Waals surface area (Å²) in [5.74, 6) is 0.639. The first-order valence-corrected chi connectivity index (χ1v) is 10.9. The zero-order chi connectivity index (χ0) is 23.4. The minimum absolute atomic E-state index is 0.134. The van der Waals surface area contributed by atoms with Crippen molar-refractivity contribution in [2.24, 2.45) is 7.05 Å². The van der Waals surface area contributed by atoms with E-state index in [4.69, 9.17) is 9.84 Å². The van der Waals surface area contributed by atoms with Crippen molar-refractivity contribution in [2.75, 3.05) is 13.7 Å². The summed E-state index contributed by atoms with van der Waals surface area (Å²) in [6.45, 7) is 4.91. The zero-order valence-corrected chi connectivity index (χ0v) is 19.4. The average Bonchev–Trinajstić information content (AvgIpc) is 3.39. The van der Waals surface area contributed by atoms with Crippen molar-refractivity contribution in [1.82, 2.24) is 29.9 Å². The van der Waals surface area contributed by atoms with Gasteiger partial charge in [0.15, 0.2) is 0 Å². The lowest BCUT2D eigenvalue weighted by molar-refractivity contribution is 0.0942. The SMILES string of the molecule is CCc1nn(C)c(C(=O)NCCn2nc(-c3cccnc3)cc2-c2cccc(OC)c2)c1C. The lowest BCUT2D eigenvalue weighted by Gasteiger charge is -2.10. The third-order valence-corrected chi connectivity index (χ3v) is 5.64. The molecule has 1 amide bonds. The van der Waals surface area contributed by atoms with Gasteiger partial charge in [0.05, 0.1) is 30.7 Å². The molecule has 8 heteroatoms. The van der Waals surface area contributed by atoms with Crippen LogP contribution in [0.25, 0.3) is 22.5 Å². The van der Waals surface area contributed by atoms with E-state index in [1.54, 1.807) is 31.2 Å². The smallest absolute Gasteiger partial charge is 0.269 e. The minimum atomic E-state index is -0.134. The first-order chi connectivity index (χ1) is 16.0. The Hall–Kier alpha value is -3.94. The number of pyridine rings is 1. The molecule has 4 rings (SSSR count). The summed E-state index contributed by atoms with van der Waals surface area (Å²) in [7, 11) is 3.45. The van der Waals surface area contributed by atoms with E-state index in [-0.39, 0.29) is 5.91 Å². The molecule has 1 N–H and O–H groups in total. The average molecular weight is 445 g/mol. The number of benzene rings is 1. The predicted molar refractivity (Wildman–Crippen MR) is 127 cm³/mol. The van der Waals surface area contributed by atoms with E-state index in [0.29, 0.717) is 18.8 Å². The van der Waals surface area contributed by atoms with Crippen molar-refractivity contribution < 1.29 is 9.53 Å². The van der Waals surface area contributed by atoms with Crippen LogP contribution >= 0.6 is 0 Å². The molecule has 4 aromatic rings. The highest BCUT2D eigenvalue weighted by atomic mass is 16.5. The van der Waals surface area contributed by atoms with E-state index < -0.39 is 0 Å². The maximum atomic E-state index is 12.8. The fraction of sp³-hybridized carbons (Fsp3) is 0.280. The first-order valence-electron chi connectivity index (χ1n) is 10.9. The molecule has 0 bridgehead atoms. The molecule has 0 saturated heterocycles. The molecule has 170 valence electrons. The standard InChI is InChI=1S/C25H28N6O2/c1-5-21-17(2)24(30(3)28-21)25(32)27-12-13-31-23(18-8-6-10-20(14-18)33-4)15-22(29-31)19-9-7-11-26-16-19/h6-11,14-16H,5,12-13H2,1-4H3,(H,27,32). The number of hydrogen-bond donors (Lipinski definition) is 1. The van der Waals surface area contributed by atoms with E-state index in [2.05, 4.69) is 15.4 Å². The number of methoxy groups -OCH3 is 1. The lowest BCUT2D eigenvalue weighted by atomic mass is 10.1. The maximum absolute atomic E-state index is 12.8. The van der Waals surface area contributed by atoms with Gasteiger partial charge in [0.25, 0.3) is 5.91 Å². The minimum Gasteiger partial charge on any atom is -0.497 e. The Morgan fingerprint density at radius 2 is 1.94 bits per heavy atom. The van der Waals surface area contributed by atoms with Crippen molar-refractivity contribution in [2.45, 2.75) is 26.8 Å². The largest absolute Gasteiger partial charge is 0.497 e. The van der Waals surface area contributed by atoms with Crippen molar-refractivity contribution >= 4 is 5.91 Å². The molecule has 0 aliphatic carbocycles. The number of carbonyl (C=O) groups is 1. The van der Waals surface area contributed by atoms with E-state index in [1.807, 2.05) is 61.0 Å². The molecule has 33 heavy (non-hydrogen) atoms. The molecule has 1 aromatic carbocycles. The molecule has 0 aliphatic heterocycles. The topological polar surface area (TPSA) is 86.9 Å². The number of nitrogens with zero attached hydrogens (tertiary/aromatic N) is 5. The lowest BCUT2D eigenvalue weighted by Crippen LogP contribution is -2.29. The number of ether oxygens (including phenoxy) is 1. The molecule has 0 saturated carbocycles. The van der Waals surface area contributed by atoms with Crippen LogP contribution in [0.1, 0.15) is 28.7 Å². The van der Waals surface area contributed by atoms with Crippen molar-refractivity contribution in [3.63, 3.8) is 0 Å². The fourth-order valence-electron chi connectivity index (χ4n) is 3.95. The molecule has 3 aromatic heterocycles. The van der Waals surface area contributed by atoms with Crippen LogP contribution in [0.4, 0.5) is 0 Å². The van der Waals surface area contributed by atoms with Gasteiger partial charge in [0.2, 0.25) is 0 Å². The Balaban J connectivity index is 1.58. The van der Waals surface area contributed by atoms with Crippen LogP contribution < -0.4 is 10.1 Å². The van der Waals surface area contributed by atoms with Crippen LogP contribution in [0, 0.1) is 6.92 Å². The van der Waals surface area contributed by atoms with Crippen molar-refractivity contribution in [1.29, 1.82) is 0 Å². The Morgan fingerprint density at radius 1 is 1.12 bits per heavy atom. The van der Waals surface area contributed by atoms with Crippen LogP contribution in [0.3, 0.4) is 0 Å². The zero-order valence-electron chi connectivity index (χ0n) is 19.4. The van der Waals surface area contributed by atoms with E-state index in [1.165, 1.54) is 0 Å². The van der Waals surface area contributed by atoms with Gasteiger partial charge in [0, 0.05) is 42.7 Å². The second kappa shape index (κ2) is 9.68. The van der Waals surface area contributed by atoms with Crippen LogP contribution in [0.15, 0.2) is 54.9 Å². The highest BCUT2D eigenvalue weighted by Gasteiger charge is 2.18. The number of nitrogens with one attached hydrogen (secondary N) is 1. The summed E-state index contributed by atoms with van der Waals surface area (Å²) in [5.41, 5.74) is 6.13. The second-order valence-corrected chi connectivity index (χ2v) is 7.76. The molecule has 0 spiro atoms. The van der Waals surface area contributed by atoms with Crippen LogP contribution in [-0.2, 0) is 20.0 Å². The molecule has 0 aliphatic rings. The summed E-state index contributed by atoms with van der Waals surface area (Å²) in [6, 6.07) is 13.8. The highest BCUT2D eigenvalue weighted by Crippen LogP contribution is 2.28. The van der Waals surface area contributed by atoms with E-state index in [0.717, 1.165) is 45.9 Å². The molecule has 0 fully saturated rings. The summed E-state index contributed by atoms with van der Waals surface area (Å²) in [4.78, 5) is 17.1. The van der Waals surface area contributed by atoms with Crippen LogP contribution in [-0.4, -0.2) is 44.1 Å². The Labute approximate surface area is 193 Å². The number of rotatable bonds is 8. The van der Waals surface area contributed by atoms with E-state index >= 15 is 0 Å². The molecular weight excluding hydrogens is 416 g/mol. The monoisotopic (exact) mass is 444 g/mol. The normalized spacial score (nSPS) is 10.9. The molecular formula is C25H28N6O2. The number of aryl methyl sites for hydroxylation is 2. The number of carbonyl (C=O) groups excluding carboxylic acids is 1. The first kappa shape index (κ1) is 22.3. The van der Waals surface area contributed by atoms with Crippen LogP contribution in [0.2, 0.25) is 0 Å². The van der Waals surface area contributed by atoms with Gasteiger partial charge in [-0.1, -0.05) is 19.1 Å². The van der Waals surface area contributed by atoms with Gasteiger partial charge < -0.3 is 10.1 Å². The van der Waals surface area contributed by atoms with Gasteiger partial charge in [-0.2, -0.15) is 10.2 Å². The third kappa shape index (κ3) is 4.64. The predicted octanol–water partition coefficient (Wildman–Crippen LogP) is 3.66. The second-order valence-electron chi connectivity index (χ2n) is 7.76. The summed E-state index contributed by atoms with van der Waals surface area (Å²) < 4.78 is 8.96. The number of hydrogen-bond acceptors (Lipinski definition) is 5. The maximum Gasteiger partial charge on any atom is 0.269 e. The van der Waals surface area contributed by atoms with Crippen molar-refractivity contribution in [3.05, 3.63) is 71.8 Å². The van der Waals surface area contributed by atoms with Crippen molar-refractivity contribution in [3.8, 4) is 28.3 Å². The van der Waals surface area contributed by atoms with Gasteiger partial charge in [-0.05, 0) is 43.7 Å². The number of amides is 1. The Morgan fingerprint density at radius 3 is 2.64 bits per heavy atom. The molecule has 0 atom stereocenters. The molecule has 3 heterocycles. The third-order valence-electron chi connectivity index (χ3n) is 5.64. The molecule has 0 unspecified atom stereocenters. The fourth-order valence-corrected chi connectivity index (χ4v) is 3.95. The van der Waals surface area contributed by atoms with Gasteiger partial charge in [-0.3, -0.25) is 19.1 Å². The van der Waals surface area contributed by atoms with Gasteiger partial charge in [0.1, 0.15) is 11.4 Å². The Kier molecular flexibility index (Phi) is 6.53. The summed E-state index contributed by atoms with van der Waals surface area (Å²) >= 11 is 0. The van der Waals surface area contributed by atoms with E-state index in [9.17, 15) is 4.79 Å². The molecule has 8 nitrogen and oxygen atoms in total. The Bertz CT molecular complexity index is 1260. The van der Waals surface area contributed by atoms with Gasteiger partial charge >= 0.3 is 0 Å². The quantitative estimate of drug-likeness (QED) is 0.448. The number of aromatic nitrogens is 5. The summed E-state index contributed by atoms with van der Waals surface area (Å²) in [6.07, 6.45) is 4.32. The summed E-state index contributed by atoms with van der Waals surface area (Å²) in [5, 5.41) is 12.3. The highest BCUT2D eigenvalue weighted by molar-refractivity contribution is 5.94.